The molecule has 0 aliphatic carbocycles. The molecule has 3 aromatic carbocycles. The van der Waals surface area contributed by atoms with Crippen LogP contribution < -0.4 is 14.9 Å². The minimum Gasteiger partial charge on any atom is -0.493 e. The van der Waals surface area contributed by atoms with Gasteiger partial charge in [-0.25, -0.2) is 0 Å². The Morgan fingerprint density at radius 2 is 1.89 bits per heavy atom. The highest BCUT2D eigenvalue weighted by atomic mass is 32.2. The summed E-state index contributed by atoms with van der Waals surface area (Å²) in [5.41, 5.74) is 4.40. The second-order valence-corrected chi connectivity index (χ2v) is 10.4. The molecule has 5 rings (SSSR count). The summed E-state index contributed by atoms with van der Waals surface area (Å²) < 4.78 is 11.9. The van der Waals surface area contributed by atoms with E-state index in [1.165, 1.54) is 11.3 Å². The number of benzene rings is 3. The minimum atomic E-state index is -0.384. The summed E-state index contributed by atoms with van der Waals surface area (Å²) in [6, 6.07) is 23.2. The Hall–Kier alpha value is -3.66. The van der Waals surface area contributed by atoms with Gasteiger partial charge in [0.2, 0.25) is 0 Å². The Morgan fingerprint density at radius 1 is 1.06 bits per heavy atom. The topological polar surface area (TPSA) is 67.9 Å². The molecule has 4 aromatic rings. The number of ether oxygens (including phenoxy) is 2. The molecule has 2 amide bonds. The van der Waals surface area contributed by atoms with Crippen LogP contribution in [0, 0.1) is 0 Å². The maximum Gasteiger partial charge on any atom is 0.285 e. The van der Waals surface area contributed by atoms with Gasteiger partial charge in [0.05, 0.1) is 16.9 Å². The first-order valence-corrected chi connectivity index (χ1v) is 13.0. The number of methoxy groups -OCH3 is 1. The lowest BCUT2D eigenvalue weighted by Crippen LogP contribution is -2.44. The van der Waals surface area contributed by atoms with Gasteiger partial charge in [-0.1, -0.05) is 66.4 Å². The van der Waals surface area contributed by atoms with E-state index >= 15 is 0 Å². The van der Waals surface area contributed by atoms with Gasteiger partial charge in [-0.3, -0.25) is 15.0 Å². The highest BCUT2D eigenvalue weighted by Gasteiger charge is 2.34. The number of amides is 2. The maximum absolute atomic E-state index is 12.9. The highest BCUT2D eigenvalue weighted by molar-refractivity contribution is 8.26. The predicted octanol–water partition coefficient (Wildman–Crippen LogP) is 6.04. The molecule has 2 heterocycles. The maximum atomic E-state index is 12.9. The summed E-state index contributed by atoms with van der Waals surface area (Å²) in [4.78, 5) is 26.2. The molecule has 1 aliphatic rings. The van der Waals surface area contributed by atoms with Crippen LogP contribution in [0.3, 0.4) is 0 Å². The lowest BCUT2D eigenvalue weighted by Gasteiger charge is -2.14. The Balaban J connectivity index is 1.31. The fourth-order valence-electron chi connectivity index (χ4n) is 3.75. The number of hydrogen-bond donors (Lipinski definition) is 1. The Kier molecular flexibility index (Phi) is 7.04. The van der Waals surface area contributed by atoms with E-state index < -0.39 is 0 Å². The van der Waals surface area contributed by atoms with Crippen molar-refractivity contribution in [2.45, 2.75) is 6.61 Å². The first-order valence-electron chi connectivity index (χ1n) is 10.9. The van der Waals surface area contributed by atoms with Crippen LogP contribution in [0.15, 0.2) is 83.1 Å². The zero-order chi connectivity index (χ0) is 25.1. The van der Waals surface area contributed by atoms with E-state index in [4.69, 9.17) is 21.7 Å². The number of thiophene rings is 1. The molecule has 36 heavy (non-hydrogen) atoms. The number of thioether (sulfide) groups is 1. The first kappa shape index (κ1) is 24.1. The van der Waals surface area contributed by atoms with Gasteiger partial charge in [0, 0.05) is 0 Å². The summed E-state index contributed by atoms with van der Waals surface area (Å²) in [5.74, 6) is 0.380. The van der Waals surface area contributed by atoms with Gasteiger partial charge in [-0.2, -0.15) is 5.01 Å². The standard InChI is InChI=1S/C27H20N2O4S3/c1-32-22-14-17(11-12-21(22)33-16-19-8-4-7-18-6-2-3-9-20(18)19)15-24-26(31)29(27(34)36-24)28-25(30)23-10-5-13-35-23/h2-15H,16H2,1H3,(H,28,30)/b24-15+. The Bertz CT molecular complexity index is 1490. The third-order valence-corrected chi connectivity index (χ3v) is 7.67. The quantitative estimate of drug-likeness (QED) is 0.231. The summed E-state index contributed by atoms with van der Waals surface area (Å²) in [6.07, 6.45) is 1.72. The van der Waals surface area contributed by atoms with Crippen LogP contribution >= 0.6 is 35.3 Å². The third kappa shape index (κ3) is 4.99. The second kappa shape index (κ2) is 10.5. The largest absolute Gasteiger partial charge is 0.493 e. The molecular formula is C27H20N2O4S3. The third-order valence-electron chi connectivity index (χ3n) is 5.50. The fourth-order valence-corrected chi connectivity index (χ4v) is 5.54. The first-order chi connectivity index (χ1) is 17.5. The molecule has 6 nitrogen and oxygen atoms in total. The van der Waals surface area contributed by atoms with Crippen molar-refractivity contribution < 1.29 is 19.1 Å². The Labute approximate surface area is 221 Å². The molecule has 0 saturated carbocycles. The van der Waals surface area contributed by atoms with Gasteiger partial charge in [0.1, 0.15) is 6.61 Å². The number of nitrogens with zero attached hydrogens (tertiary/aromatic N) is 1. The van der Waals surface area contributed by atoms with E-state index in [1.54, 1.807) is 36.8 Å². The smallest absolute Gasteiger partial charge is 0.285 e. The van der Waals surface area contributed by atoms with Crippen molar-refractivity contribution in [1.82, 2.24) is 10.4 Å². The van der Waals surface area contributed by atoms with Crippen molar-refractivity contribution in [3.8, 4) is 11.5 Å². The molecule has 1 N–H and O–H groups in total. The van der Waals surface area contributed by atoms with Gasteiger partial charge < -0.3 is 9.47 Å². The predicted molar refractivity (Wildman–Crippen MR) is 148 cm³/mol. The molecule has 180 valence electrons. The summed E-state index contributed by atoms with van der Waals surface area (Å²) in [6.45, 7) is 0.389. The average molecular weight is 533 g/mol. The normalized spacial score (nSPS) is 14.5. The van der Waals surface area contributed by atoms with Gasteiger partial charge >= 0.3 is 0 Å². The van der Waals surface area contributed by atoms with Crippen molar-refractivity contribution in [2.75, 3.05) is 7.11 Å². The van der Waals surface area contributed by atoms with Crippen LogP contribution in [0.5, 0.6) is 11.5 Å². The van der Waals surface area contributed by atoms with E-state index in [0.717, 1.165) is 38.7 Å². The summed E-state index contributed by atoms with van der Waals surface area (Å²) >= 11 is 7.73. The molecule has 1 aromatic heterocycles. The van der Waals surface area contributed by atoms with Gasteiger partial charge in [-0.15, -0.1) is 11.3 Å². The van der Waals surface area contributed by atoms with Gasteiger partial charge in [0.25, 0.3) is 11.8 Å². The van der Waals surface area contributed by atoms with Crippen LogP contribution in [0.4, 0.5) is 0 Å². The van der Waals surface area contributed by atoms with Gasteiger partial charge in [0.15, 0.2) is 15.8 Å². The molecule has 0 atom stereocenters. The minimum absolute atomic E-state index is 0.262. The number of carbonyl (C=O) groups excluding carboxylic acids is 2. The van der Waals surface area contributed by atoms with E-state index in [9.17, 15) is 9.59 Å². The van der Waals surface area contributed by atoms with E-state index in [-0.39, 0.29) is 16.1 Å². The lowest BCUT2D eigenvalue weighted by molar-refractivity contribution is -0.123. The molecule has 9 heteroatoms. The number of nitrogens with one attached hydrogen (secondary N) is 1. The van der Waals surface area contributed by atoms with Crippen LogP contribution in [0.2, 0.25) is 0 Å². The highest BCUT2D eigenvalue weighted by Crippen LogP contribution is 2.34. The lowest BCUT2D eigenvalue weighted by atomic mass is 10.1. The molecule has 1 saturated heterocycles. The van der Waals surface area contributed by atoms with Gasteiger partial charge in [-0.05, 0) is 63.8 Å². The molecule has 1 aliphatic heterocycles. The Morgan fingerprint density at radius 3 is 2.69 bits per heavy atom. The van der Waals surface area contributed by atoms with E-state index in [1.807, 2.05) is 36.4 Å². The van der Waals surface area contributed by atoms with Crippen LogP contribution in [-0.4, -0.2) is 28.3 Å². The van der Waals surface area contributed by atoms with Crippen molar-refractivity contribution in [1.29, 1.82) is 0 Å². The second-order valence-electron chi connectivity index (χ2n) is 7.77. The number of hydrogen-bond acceptors (Lipinski definition) is 7. The number of thiocarbonyl (C=S) groups is 1. The van der Waals surface area contributed by atoms with Crippen molar-refractivity contribution in [3.63, 3.8) is 0 Å². The molecule has 0 unspecified atom stereocenters. The number of rotatable bonds is 7. The fraction of sp³-hybridized carbons (Fsp3) is 0.0741. The average Bonchev–Trinajstić information content (AvgIpc) is 3.53. The molecule has 0 radical (unpaired) electrons. The number of hydrazine groups is 1. The van der Waals surface area contributed by atoms with E-state index in [0.29, 0.717) is 27.9 Å². The molecule has 1 fully saturated rings. The monoisotopic (exact) mass is 532 g/mol. The SMILES string of the molecule is COc1cc(/C=C2/SC(=S)N(NC(=O)c3cccs3)C2=O)ccc1OCc1cccc2ccccc12. The molecule has 0 bridgehead atoms. The van der Waals surface area contributed by atoms with Crippen LogP contribution in [0.25, 0.3) is 16.8 Å². The zero-order valence-electron chi connectivity index (χ0n) is 19.1. The molecular weight excluding hydrogens is 513 g/mol. The zero-order valence-corrected chi connectivity index (χ0v) is 21.5. The summed E-state index contributed by atoms with van der Waals surface area (Å²) in [5, 5.41) is 5.20. The van der Waals surface area contributed by atoms with Crippen molar-refractivity contribution in [2.24, 2.45) is 0 Å². The van der Waals surface area contributed by atoms with Crippen molar-refractivity contribution >= 4 is 68.3 Å². The number of fused-ring (bicyclic) bond motifs is 1. The molecule has 0 spiro atoms. The number of carbonyl (C=O) groups is 2. The van der Waals surface area contributed by atoms with Crippen LogP contribution in [0.1, 0.15) is 20.8 Å². The van der Waals surface area contributed by atoms with Crippen LogP contribution in [-0.2, 0) is 11.4 Å². The van der Waals surface area contributed by atoms with E-state index in [2.05, 4.69) is 23.6 Å². The van der Waals surface area contributed by atoms with Crippen molar-refractivity contribution in [3.05, 3.63) is 99.1 Å². The summed E-state index contributed by atoms with van der Waals surface area (Å²) in [7, 11) is 1.57.